The van der Waals surface area contributed by atoms with E-state index in [4.69, 9.17) is 0 Å². The molecule has 57 valence electrons. The molecule has 0 bridgehead atoms. The van der Waals surface area contributed by atoms with Crippen LogP contribution in [0.2, 0.25) is 13.1 Å². The molecule has 0 aliphatic heterocycles. The highest BCUT2D eigenvalue weighted by atomic mass is 28.3. The van der Waals surface area contributed by atoms with Gasteiger partial charge in [0.2, 0.25) is 0 Å². The molecule has 0 saturated carbocycles. The molecule has 2 heteroatoms. The minimum absolute atomic E-state index is 0.315. The Morgan fingerprint density at radius 1 is 1.18 bits per heavy atom. The average Bonchev–Trinajstić information content (AvgIpc) is 2.05. The third kappa shape index (κ3) is 2.02. The van der Waals surface area contributed by atoms with Crippen LogP contribution in [0.15, 0.2) is 30.3 Å². The van der Waals surface area contributed by atoms with Crippen molar-refractivity contribution in [2.75, 3.05) is 0 Å². The van der Waals surface area contributed by atoms with E-state index in [9.17, 15) is 4.79 Å². The Morgan fingerprint density at radius 3 is 2.18 bits per heavy atom. The van der Waals surface area contributed by atoms with Gasteiger partial charge in [-0.3, -0.25) is 0 Å². The number of carbonyl (C=O) groups is 1. The summed E-state index contributed by atoms with van der Waals surface area (Å²) in [6.07, 6.45) is 0. The first-order chi connectivity index (χ1) is 5.22. The van der Waals surface area contributed by atoms with E-state index < -0.39 is 8.80 Å². The van der Waals surface area contributed by atoms with Crippen molar-refractivity contribution in [3.8, 4) is 0 Å². The number of benzene rings is 1. The minimum atomic E-state index is -0.804. The predicted octanol–water partition coefficient (Wildman–Crippen LogP) is 2.16. The Labute approximate surface area is 68.7 Å². The minimum Gasteiger partial charge on any atom is -0.300 e. The van der Waals surface area contributed by atoms with Crippen molar-refractivity contribution in [2.45, 2.75) is 13.1 Å². The number of hydrogen-bond acceptors (Lipinski definition) is 1. The van der Waals surface area contributed by atoms with Gasteiger partial charge in [-0.2, -0.15) is 0 Å². The molecule has 0 spiro atoms. The molecule has 0 heterocycles. The van der Waals surface area contributed by atoms with Crippen molar-refractivity contribution in [1.82, 2.24) is 0 Å². The maximum atomic E-state index is 11.4. The summed E-state index contributed by atoms with van der Waals surface area (Å²) in [5.41, 5.74) is 0.853. The molecule has 1 nitrogen and oxygen atoms in total. The van der Waals surface area contributed by atoms with Crippen LogP contribution < -0.4 is 0 Å². The summed E-state index contributed by atoms with van der Waals surface area (Å²) in [5, 5.41) is 0.315. The van der Waals surface area contributed by atoms with Gasteiger partial charge in [0.05, 0.1) is 0 Å². The summed E-state index contributed by atoms with van der Waals surface area (Å²) in [6.45, 7) is 4.03. The van der Waals surface area contributed by atoms with Crippen LogP contribution in [0, 0.1) is 0 Å². The molecule has 11 heavy (non-hydrogen) atoms. The van der Waals surface area contributed by atoms with Gasteiger partial charge in [0.25, 0.3) is 0 Å². The van der Waals surface area contributed by atoms with Gasteiger partial charge >= 0.3 is 0 Å². The first kappa shape index (κ1) is 8.21. The Kier molecular flexibility index (Phi) is 2.60. The van der Waals surface area contributed by atoms with Crippen LogP contribution >= 0.6 is 0 Å². The molecule has 0 N–H and O–H groups in total. The monoisotopic (exact) mass is 163 g/mol. The van der Waals surface area contributed by atoms with Crippen LogP contribution in [0.1, 0.15) is 10.4 Å². The summed E-state index contributed by atoms with van der Waals surface area (Å²) in [7, 11) is -0.804. The fourth-order valence-corrected chi connectivity index (χ4v) is 1.62. The molecule has 1 aromatic rings. The number of rotatable bonds is 2. The van der Waals surface area contributed by atoms with Gasteiger partial charge in [-0.05, 0) is 0 Å². The van der Waals surface area contributed by atoms with Crippen LogP contribution in [0.5, 0.6) is 0 Å². The van der Waals surface area contributed by atoms with Gasteiger partial charge in [0, 0.05) is 5.56 Å². The molecular formula is C9H11OSi. The molecule has 0 fully saturated rings. The summed E-state index contributed by atoms with van der Waals surface area (Å²) >= 11 is 0. The van der Waals surface area contributed by atoms with Crippen molar-refractivity contribution >= 4 is 14.2 Å². The van der Waals surface area contributed by atoms with Gasteiger partial charge in [0.15, 0.2) is 0 Å². The zero-order chi connectivity index (χ0) is 8.27. The van der Waals surface area contributed by atoms with Crippen molar-refractivity contribution in [3.05, 3.63) is 35.9 Å². The Bertz CT molecular complexity index is 241. The molecule has 1 rings (SSSR count). The molecule has 0 atom stereocenters. The third-order valence-corrected chi connectivity index (χ3v) is 2.69. The van der Waals surface area contributed by atoms with Crippen molar-refractivity contribution < 1.29 is 4.79 Å². The van der Waals surface area contributed by atoms with Crippen molar-refractivity contribution in [2.24, 2.45) is 0 Å². The van der Waals surface area contributed by atoms with Gasteiger partial charge in [-0.1, -0.05) is 43.4 Å². The second kappa shape index (κ2) is 3.48. The molecular weight excluding hydrogens is 152 g/mol. The van der Waals surface area contributed by atoms with Crippen LogP contribution in [-0.4, -0.2) is 14.2 Å². The lowest BCUT2D eigenvalue weighted by Crippen LogP contribution is -2.17. The largest absolute Gasteiger partial charge is 0.300 e. The summed E-state index contributed by atoms with van der Waals surface area (Å²) in [6, 6.07) is 9.48. The van der Waals surface area contributed by atoms with E-state index in [1.807, 2.05) is 43.4 Å². The quantitative estimate of drug-likeness (QED) is 0.611. The van der Waals surface area contributed by atoms with Crippen LogP contribution in [-0.2, 0) is 0 Å². The van der Waals surface area contributed by atoms with E-state index in [1.54, 1.807) is 0 Å². The van der Waals surface area contributed by atoms with E-state index in [-0.39, 0.29) is 0 Å². The molecule has 1 aromatic carbocycles. The lowest BCUT2D eigenvalue weighted by atomic mass is 10.2. The third-order valence-electron chi connectivity index (χ3n) is 1.49. The normalized spacial score (nSPS) is 10.1. The van der Waals surface area contributed by atoms with E-state index in [2.05, 4.69) is 0 Å². The zero-order valence-corrected chi connectivity index (χ0v) is 7.79. The van der Waals surface area contributed by atoms with E-state index in [0.717, 1.165) is 5.56 Å². The number of carbonyl (C=O) groups excluding carboxylic acids is 1. The molecule has 0 unspecified atom stereocenters. The molecule has 0 amide bonds. The summed E-state index contributed by atoms with van der Waals surface area (Å²) in [4.78, 5) is 11.4. The topological polar surface area (TPSA) is 17.1 Å². The van der Waals surface area contributed by atoms with Crippen molar-refractivity contribution in [3.63, 3.8) is 0 Å². The highest BCUT2D eigenvalue weighted by Crippen LogP contribution is 2.01. The fourth-order valence-electron chi connectivity index (χ4n) is 0.878. The van der Waals surface area contributed by atoms with E-state index in [0.29, 0.717) is 5.41 Å². The van der Waals surface area contributed by atoms with Gasteiger partial charge < -0.3 is 4.79 Å². The Balaban J connectivity index is 2.86. The lowest BCUT2D eigenvalue weighted by Gasteiger charge is -2.00. The highest BCUT2D eigenvalue weighted by molar-refractivity contribution is 6.90. The van der Waals surface area contributed by atoms with Crippen LogP contribution in [0.3, 0.4) is 0 Å². The summed E-state index contributed by atoms with van der Waals surface area (Å²) < 4.78 is 0. The average molecular weight is 163 g/mol. The van der Waals surface area contributed by atoms with Gasteiger partial charge in [-0.15, -0.1) is 0 Å². The summed E-state index contributed by atoms with van der Waals surface area (Å²) in [5.74, 6) is 0. The van der Waals surface area contributed by atoms with Crippen LogP contribution in [0.4, 0.5) is 0 Å². The van der Waals surface area contributed by atoms with E-state index >= 15 is 0 Å². The molecule has 0 aromatic heterocycles. The second-order valence-electron chi connectivity index (χ2n) is 2.70. The van der Waals surface area contributed by atoms with E-state index in [1.165, 1.54) is 0 Å². The van der Waals surface area contributed by atoms with Gasteiger partial charge in [-0.25, -0.2) is 0 Å². The lowest BCUT2D eigenvalue weighted by molar-refractivity contribution is 0.107. The van der Waals surface area contributed by atoms with Crippen molar-refractivity contribution in [1.29, 1.82) is 0 Å². The molecule has 0 saturated heterocycles. The first-order valence-corrected chi connectivity index (χ1v) is 6.11. The Morgan fingerprint density at radius 2 is 1.73 bits per heavy atom. The smallest absolute Gasteiger partial charge is 0.137 e. The standard InChI is InChI=1S/C9H11OSi/c1-11(2)9(10)8-6-4-3-5-7-8/h3-7H,1-2H3. The fraction of sp³-hybridized carbons (Fsp3) is 0.222. The molecule has 0 aliphatic carbocycles. The highest BCUT2D eigenvalue weighted by Gasteiger charge is 2.10. The first-order valence-electron chi connectivity index (χ1n) is 3.61. The van der Waals surface area contributed by atoms with Crippen LogP contribution in [0.25, 0.3) is 0 Å². The number of hydrogen-bond donors (Lipinski definition) is 0. The maximum absolute atomic E-state index is 11.4. The molecule has 1 radical (unpaired) electrons. The van der Waals surface area contributed by atoms with Gasteiger partial charge in [0.1, 0.15) is 14.2 Å². The SMILES string of the molecule is C[Si](C)C(=O)c1ccccc1. The zero-order valence-electron chi connectivity index (χ0n) is 6.79. The second-order valence-corrected chi connectivity index (χ2v) is 5.15. The maximum Gasteiger partial charge on any atom is 0.137 e. The molecule has 0 aliphatic rings. The predicted molar refractivity (Wildman–Crippen MR) is 48.3 cm³/mol. The Hall–Kier alpha value is -0.893.